The molecule has 1 aromatic carbocycles. The Morgan fingerprint density at radius 3 is 2.53 bits per heavy atom. The Bertz CT molecular complexity index is 913. The quantitative estimate of drug-likeness (QED) is 0.680. The Hall–Kier alpha value is -2.64. The normalized spacial score (nSPS) is 17.1. The van der Waals surface area contributed by atoms with Crippen LogP contribution in [0.2, 0.25) is 0 Å². The average molecular weight is 412 g/mol. The van der Waals surface area contributed by atoms with E-state index >= 15 is 0 Å². The molecule has 0 atom stereocenters. The SMILES string of the molecule is COC(=O)c1ccc(Cn2cc(C)c3c2CCN(CCN2CCOCC2)C3=O)cc1. The van der Waals surface area contributed by atoms with E-state index in [4.69, 9.17) is 9.47 Å². The molecule has 160 valence electrons. The summed E-state index contributed by atoms with van der Waals surface area (Å²) < 4.78 is 12.3. The predicted octanol–water partition coefficient (Wildman–Crippen LogP) is 1.96. The van der Waals surface area contributed by atoms with Gasteiger partial charge in [-0.3, -0.25) is 9.69 Å². The van der Waals surface area contributed by atoms with E-state index in [-0.39, 0.29) is 11.9 Å². The fourth-order valence-corrected chi connectivity index (χ4v) is 4.31. The molecule has 7 heteroatoms. The van der Waals surface area contributed by atoms with Crippen molar-refractivity contribution in [1.82, 2.24) is 14.4 Å². The molecule has 1 fully saturated rings. The lowest BCUT2D eigenvalue weighted by atomic mass is 10.0. The number of carbonyl (C=O) groups excluding carboxylic acids is 2. The molecule has 0 N–H and O–H groups in total. The maximum absolute atomic E-state index is 13.1. The van der Waals surface area contributed by atoms with Gasteiger partial charge in [0.25, 0.3) is 5.91 Å². The molecule has 0 aliphatic carbocycles. The zero-order valence-electron chi connectivity index (χ0n) is 17.7. The predicted molar refractivity (Wildman–Crippen MR) is 113 cm³/mol. The minimum Gasteiger partial charge on any atom is -0.465 e. The van der Waals surface area contributed by atoms with E-state index in [0.29, 0.717) is 12.1 Å². The summed E-state index contributed by atoms with van der Waals surface area (Å²) in [5.41, 5.74) is 4.62. The summed E-state index contributed by atoms with van der Waals surface area (Å²) in [6.45, 7) is 8.55. The van der Waals surface area contributed by atoms with Gasteiger partial charge in [-0.25, -0.2) is 4.79 Å². The molecule has 2 aliphatic rings. The van der Waals surface area contributed by atoms with Gasteiger partial charge in [-0.05, 0) is 30.2 Å². The van der Waals surface area contributed by atoms with E-state index in [1.54, 1.807) is 12.1 Å². The summed E-state index contributed by atoms with van der Waals surface area (Å²) in [6.07, 6.45) is 2.93. The van der Waals surface area contributed by atoms with Crippen LogP contribution in [0.25, 0.3) is 0 Å². The molecule has 4 rings (SSSR count). The largest absolute Gasteiger partial charge is 0.465 e. The second kappa shape index (κ2) is 9.02. The number of esters is 1. The van der Waals surface area contributed by atoms with Gasteiger partial charge in [0.1, 0.15) is 0 Å². The van der Waals surface area contributed by atoms with Crippen LogP contribution in [0.3, 0.4) is 0 Å². The third-order valence-electron chi connectivity index (χ3n) is 6.02. The van der Waals surface area contributed by atoms with Crippen molar-refractivity contribution in [3.8, 4) is 0 Å². The zero-order valence-corrected chi connectivity index (χ0v) is 17.7. The van der Waals surface area contributed by atoms with E-state index in [0.717, 1.165) is 74.7 Å². The molecule has 0 spiro atoms. The second-order valence-electron chi connectivity index (χ2n) is 7.95. The van der Waals surface area contributed by atoms with Crippen LogP contribution in [-0.4, -0.2) is 79.3 Å². The highest BCUT2D eigenvalue weighted by atomic mass is 16.5. The number of hydrogen-bond acceptors (Lipinski definition) is 5. The summed E-state index contributed by atoms with van der Waals surface area (Å²) in [6, 6.07) is 7.44. The number of morpholine rings is 1. The smallest absolute Gasteiger partial charge is 0.337 e. The number of hydrogen-bond donors (Lipinski definition) is 0. The number of rotatable bonds is 6. The van der Waals surface area contributed by atoms with Crippen LogP contribution in [0, 0.1) is 6.92 Å². The number of ether oxygens (including phenoxy) is 2. The number of aryl methyl sites for hydroxylation is 1. The molecule has 0 unspecified atom stereocenters. The van der Waals surface area contributed by atoms with Crippen molar-refractivity contribution in [2.24, 2.45) is 0 Å². The molecule has 30 heavy (non-hydrogen) atoms. The van der Waals surface area contributed by atoms with Crippen LogP contribution in [0.15, 0.2) is 30.5 Å². The van der Waals surface area contributed by atoms with Gasteiger partial charge in [0.15, 0.2) is 0 Å². The first kappa shape index (κ1) is 20.6. The number of benzene rings is 1. The summed E-state index contributed by atoms with van der Waals surface area (Å²) in [7, 11) is 1.38. The van der Waals surface area contributed by atoms with E-state index in [9.17, 15) is 9.59 Å². The molecule has 7 nitrogen and oxygen atoms in total. The Labute approximate surface area is 177 Å². The minimum atomic E-state index is -0.335. The van der Waals surface area contributed by atoms with Crippen LogP contribution in [0.4, 0.5) is 0 Å². The Morgan fingerprint density at radius 2 is 1.83 bits per heavy atom. The van der Waals surface area contributed by atoms with E-state index < -0.39 is 0 Å². The average Bonchev–Trinajstić information content (AvgIpc) is 3.09. The van der Waals surface area contributed by atoms with Crippen molar-refractivity contribution in [1.29, 1.82) is 0 Å². The van der Waals surface area contributed by atoms with Crippen LogP contribution >= 0.6 is 0 Å². The van der Waals surface area contributed by atoms with Crippen molar-refractivity contribution in [3.63, 3.8) is 0 Å². The molecule has 2 aromatic rings. The van der Waals surface area contributed by atoms with E-state index in [1.807, 2.05) is 24.0 Å². The Kier molecular flexibility index (Phi) is 6.20. The monoisotopic (exact) mass is 411 g/mol. The highest BCUT2D eigenvalue weighted by Crippen LogP contribution is 2.25. The highest BCUT2D eigenvalue weighted by molar-refractivity contribution is 5.98. The minimum absolute atomic E-state index is 0.141. The molecule has 3 heterocycles. The van der Waals surface area contributed by atoms with Gasteiger partial charge in [0.05, 0.1) is 31.5 Å². The van der Waals surface area contributed by atoms with Gasteiger partial charge in [0.2, 0.25) is 0 Å². The highest BCUT2D eigenvalue weighted by Gasteiger charge is 2.29. The van der Waals surface area contributed by atoms with Crippen molar-refractivity contribution in [2.75, 3.05) is 53.0 Å². The second-order valence-corrected chi connectivity index (χ2v) is 7.95. The van der Waals surface area contributed by atoms with Crippen molar-refractivity contribution >= 4 is 11.9 Å². The lowest BCUT2D eigenvalue weighted by molar-refractivity contribution is 0.0321. The maximum Gasteiger partial charge on any atom is 0.337 e. The van der Waals surface area contributed by atoms with Gasteiger partial charge < -0.3 is 18.9 Å². The first-order valence-electron chi connectivity index (χ1n) is 10.5. The van der Waals surface area contributed by atoms with Crippen LogP contribution in [0.1, 0.15) is 37.5 Å². The number of amides is 1. The summed E-state index contributed by atoms with van der Waals surface area (Å²) >= 11 is 0. The first-order chi connectivity index (χ1) is 14.6. The third kappa shape index (κ3) is 4.27. The van der Waals surface area contributed by atoms with E-state index in [2.05, 4.69) is 15.7 Å². The molecule has 1 saturated heterocycles. The van der Waals surface area contributed by atoms with Crippen molar-refractivity contribution in [2.45, 2.75) is 19.9 Å². The lowest BCUT2D eigenvalue weighted by Gasteiger charge is -2.32. The van der Waals surface area contributed by atoms with Crippen molar-refractivity contribution < 1.29 is 19.1 Å². The van der Waals surface area contributed by atoms with E-state index in [1.165, 1.54) is 7.11 Å². The molecule has 0 bridgehead atoms. The fraction of sp³-hybridized carbons (Fsp3) is 0.478. The topological polar surface area (TPSA) is 64.0 Å². The number of nitrogens with zero attached hydrogens (tertiary/aromatic N) is 3. The standard InChI is InChI=1S/C23H29N3O4/c1-17-15-26(16-18-3-5-19(6-4-18)23(28)29-2)20-7-8-25(22(27)21(17)20)10-9-24-11-13-30-14-12-24/h3-6,15H,7-14,16H2,1-2H3. The number of methoxy groups -OCH3 is 1. The fourth-order valence-electron chi connectivity index (χ4n) is 4.31. The number of carbonyl (C=O) groups is 2. The molecule has 1 amide bonds. The molecule has 0 saturated carbocycles. The Morgan fingerprint density at radius 1 is 1.10 bits per heavy atom. The molecule has 1 aromatic heterocycles. The number of aromatic nitrogens is 1. The first-order valence-corrected chi connectivity index (χ1v) is 10.5. The zero-order chi connectivity index (χ0) is 21.1. The Balaban J connectivity index is 1.44. The third-order valence-corrected chi connectivity index (χ3v) is 6.02. The van der Waals surface area contributed by atoms with Gasteiger partial charge in [-0.15, -0.1) is 0 Å². The van der Waals surface area contributed by atoms with Crippen LogP contribution in [-0.2, 0) is 22.4 Å². The maximum atomic E-state index is 13.1. The summed E-state index contributed by atoms with van der Waals surface area (Å²) in [4.78, 5) is 29.1. The van der Waals surface area contributed by atoms with Gasteiger partial charge in [-0.2, -0.15) is 0 Å². The lowest BCUT2D eigenvalue weighted by Crippen LogP contribution is -2.45. The van der Waals surface area contributed by atoms with Crippen LogP contribution < -0.4 is 0 Å². The molecular formula is C23H29N3O4. The summed E-state index contributed by atoms with van der Waals surface area (Å²) in [5, 5.41) is 0. The molecule has 0 radical (unpaired) electrons. The van der Waals surface area contributed by atoms with Gasteiger partial charge in [-0.1, -0.05) is 12.1 Å². The van der Waals surface area contributed by atoms with Crippen molar-refractivity contribution in [3.05, 3.63) is 58.4 Å². The number of fused-ring (bicyclic) bond motifs is 1. The summed E-state index contributed by atoms with van der Waals surface area (Å²) in [5.74, 6) is -0.194. The van der Waals surface area contributed by atoms with Crippen LogP contribution in [0.5, 0.6) is 0 Å². The molecule has 2 aliphatic heterocycles. The molecular weight excluding hydrogens is 382 g/mol. The van der Waals surface area contributed by atoms with Gasteiger partial charge in [0, 0.05) is 57.6 Å². The van der Waals surface area contributed by atoms with Gasteiger partial charge >= 0.3 is 5.97 Å².